The average Bonchev–Trinajstić information content (AvgIpc) is 2.61. The van der Waals surface area contributed by atoms with Gasteiger partial charge in [-0.15, -0.1) is 0 Å². The van der Waals surface area contributed by atoms with Gasteiger partial charge in [0, 0.05) is 30.3 Å². The average molecular weight is 326 g/mol. The number of hydrogen-bond acceptors (Lipinski definition) is 3. The first-order chi connectivity index (χ1) is 11.5. The SMILES string of the molecule is Cc1cccc(C(=O)N2CCC[C@@H](C(=O)c3ccc(F)cc3)C2)n1. The Morgan fingerprint density at radius 3 is 2.62 bits per heavy atom. The Hall–Kier alpha value is -2.56. The molecule has 0 saturated carbocycles. The van der Waals surface area contributed by atoms with Crippen molar-refractivity contribution in [2.45, 2.75) is 19.8 Å². The maximum Gasteiger partial charge on any atom is 0.272 e. The van der Waals surface area contributed by atoms with Gasteiger partial charge in [0.2, 0.25) is 0 Å². The smallest absolute Gasteiger partial charge is 0.272 e. The lowest BCUT2D eigenvalue weighted by molar-refractivity contribution is 0.0632. The van der Waals surface area contributed by atoms with Crippen molar-refractivity contribution in [3.8, 4) is 0 Å². The van der Waals surface area contributed by atoms with Crippen LogP contribution in [-0.2, 0) is 0 Å². The molecule has 3 rings (SSSR count). The van der Waals surface area contributed by atoms with Crippen molar-refractivity contribution in [1.29, 1.82) is 0 Å². The molecule has 1 aliphatic heterocycles. The number of piperidine rings is 1. The molecule has 0 bridgehead atoms. The van der Waals surface area contributed by atoms with Gasteiger partial charge in [0.05, 0.1) is 0 Å². The zero-order chi connectivity index (χ0) is 17.1. The number of Topliss-reactive ketones (excluding diaryl/α,β-unsaturated/α-hetero) is 1. The lowest BCUT2D eigenvalue weighted by Crippen LogP contribution is -2.42. The molecule has 5 heteroatoms. The van der Waals surface area contributed by atoms with Gasteiger partial charge in [-0.2, -0.15) is 0 Å². The number of carbonyl (C=O) groups is 2. The Bertz CT molecular complexity index is 758. The van der Waals surface area contributed by atoms with Gasteiger partial charge in [0.1, 0.15) is 11.5 Å². The molecule has 1 aliphatic rings. The third kappa shape index (κ3) is 3.50. The van der Waals surface area contributed by atoms with Crippen LogP contribution >= 0.6 is 0 Å². The molecule has 0 radical (unpaired) electrons. The highest BCUT2D eigenvalue weighted by molar-refractivity contribution is 5.99. The van der Waals surface area contributed by atoms with Crippen molar-refractivity contribution in [3.63, 3.8) is 0 Å². The summed E-state index contributed by atoms with van der Waals surface area (Å²) in [4.78, 5) is 31.2. The third-order valence-electron chi connectivity index (χ3n) is 4.32. The second-order valence-corrected chi connectivity index (χ2v) is 6.13. The number of pyridine rings is 1. The van der Waals surface area contributed by atoms with Gasteiger partial charge in [0.25, 0.3) is 5.91 Å². The van der Waals surface area contributed by atoms with Crippen molar-refractivity contribution in [1.82, 2.24) is 9.88 Å². The van der Waals surface area contributed by atoms with Crippen molar-refractivity contribution >= 4 is 11.7 Å². The summed E-state index contributed by atoms with van der Waals surface area (Å²) in [5.41, 5.74) is 1.69. The summed E-state index contributed by atoms with van der Waals surface area (Å²) >= 11 is 0. The van der Waals surface area contributed by atoms with Gasteiger partial charge >= 0.3 is 0 Å². The number of nitrogens with zero attached hydrogens (tertiary/aromatic N) is 2. The summed E-state index contributed by atoms with van der Waals surface area (Å²) in [6, 6.07) is 10.9. The molecule has 1 fully saturated rings. The maximum absolute atomic E-state index is 13.0. The largest absolute Gasteiger partial charge is 0.337 e. The number of halogens is 1. The molecule has 1 aromatic carbocycles. The summed E-state index contributed by atoms with van der Waals surface area (Å²) in [6.45, 7) is 2.85. The molecule has 2 aromatic rings. The van der Waals surface area contributed by atoms with E-state index >= 15 is 0 Å². The quantitative estimate of drug-likeness (QED) is 0.814. The number of ketones is 1. The van der Waals surface area contributed by atoms with E-state index in [1.54, 1.807) is 17.0 Å². The molecule has 0 N–H and O–H groups in total. The monoisotopic (exact) mass is 326 g/mol. The highest BCUT2D eigenvalue weighted by atomic mass is 19.1. The van der Waals surface area contributed by atoms with E-state index in [-0.39, 0.29) is 23.4 Å². The van der Waals surface area contributed by atoms with E-state index in [9.17, 15) is 14.0 Å². The van der Waals surface area contributed by atoms with Gasteiger partial charge in [0.15, 0.2) is 5.78 Å². The maximum atomic E-state index is 13.0. The Morgan fingerprint density at radius 1 is 1.17 bits per heavy atom. The summed E-state index contributed by atoms with van der Waals surface area (Å²) < 4.78 is 13.0. The van der Waals surface area contributed by atoms with E-state index in [0.717, 1.165) is 18.5 Å². The molecular weight excluding hydrogens is 307 g/mol. The Balaban J connectivity index is 1.73. The fraction of sp³-hybridized carbons (Fsp3) is 0.316. The van der Waals surface area contributed by atoms with E-state index in [1.165, 1.54) is 24.3 Å². The zero-order valence-corrected chi connectivity index (χ0v) is 13.5. The van der Waals surface area contributed by atoms with Crippen molar-refractivity contribution in [3.05, 3.63) is 65.2 Å². The Labute approximate surface area is 140 Å². The summed E-state index contributed by atoms with van der Waals surface area (Å²) in [5, 5.41) is 0. The first kappa shape index (κ1) is 16.3. The molecule has 0 spiro atoms. The van der Waals surface area contributed by atoms with Gasteiger partial charge in [-0.25, -0.2) is 9.37 Å². The minimum Gasteiger partial charge on any atom is -0.337 e. The lowest BCUT2D eigenvalue weighted by Gasteiger charge is -2.32. The van der Waals surface area contributed by atoms with Crippen LogP contribution in [0, 0.1) is 18.7 Å². The molecule has 0 unspecified atom stereocenters. The molecule has 124 valence electrons. The highest BCUT2D eigenvalue weighted by Gasteiger charge is 2.29. The topological polar surface area (TPSA) is 50.3 Å². The van der Waals surface area contributed by atoms with E-state index in [2.05, 4.69) is 4.98 Å². The van der Waals surface area contributed by atoms with Crippen molar-refractivity contribution in [2.24, 2.45) is 5.92 Å². The molecule has 1 saturated heterocycles. The van der Waals surface area contributed by atoms with E-state index < -0.39 is 0 Å². The van der Waals surface area contributed by atoms with Crippen LogP contribution in [0.3, 0.4) is 0 Å². The van der Waals surface area contributed by atoms with Crippen LogP contribution < -0.4 is 0 Å². The summed E-state index contributed by atoms with van der Waals surface area (Å²) in [5.74, 6) is -0.796. The summed E-state index contributed by atoms with van der Waals surface area (Å²) in [6.07, 6.45) is 1.51. The molecule has 1 amide bonds. The molecule has 1 atom stereocenters. The zero-order valence-electron chi connectivity index (χ0n) is 13.5. The van der Waals surface area contributed by atoms with Gasteiger partial charge in [-0.3, -0.25) is 9.59 Å². The van der Waals surface area contributed by atoms with E-state index in [1.807, 2.05) is 13.0 Å². The minimum absolute atomic E-state index is 0.0373. The van der Waals surface area contributed by atoms with Crippen LogP contribution in [0.25, 0.3) is 0 Å². The first-order valence-electron chi connectivity index (χ1n) is 8.07. The fourth-order valence-corrected chi connectivity index (χ4v) is 3.05. The van der Waals surface area contributed by atoms with Crippen LogP contribution in [-0.4, -0.2) is 34.7 Å². The second kappa shape index (κ2) is 6.91. The normalized spacial score (nSPS) is 17.6. The summed E-state index contributed by atoms with van der Waals surface area (Å²) in [7, 11) is 0. The minimum atomic E-state index is -0.363. The fourth-order valence-electron chi connectivity index (χ4n) is 3.05. The first-order valence-corrected chi connectivity index (χ1v) is 8.07. The predicted octanol–water partition coefficient (Wildman–Crippen LogP) is 3.26. The number of benzene rings is 1. The Kier molecular flexibility index (Phi) is 4.69. The Morgan fingerprint density at radius 2 is 1.92 bits per heavy atom. The van der Waals surface area contributed by atoms with Gasteiger partial charge in [-0.05, 0) is 56.2 Å². The molecule has 2 heterocycles. The number of hydrogen-bond donors (Lipinski definition) is 0. The number of rotatable bonds is 3. The molecule has 0 aliphatic carbocycles. The van der Waals surface area contributed by atoms with Crippen LogP contribution in [0.4, 0.5) is 4.39 Å². The van der Waals surface area contributed by atoms with Gasteiger partial charge in [-0.1, -0.05) is 6.07 Å². The van der Waals surface area contributed by atoms with Crippen LogP contribution in [0.5, 0.6) is 0 Å². The number of likely N-dealkylation sites (tertiary alicyclic amines) is 1. The molecule has 1 aromatic heterocycles. The third-order valence-corrected chi connectivity index (χ3v) is 4.32. The van der Waals surface area contributed by atoms with Crippen molar-refractivity contribution in [2.75, 3.05) is 13.1 Å². The number of carbonyl (C=O) groups excluding carboxylic acids is 2. The molecular formula is C19H19FN2O2. The number of aryl methyl sites for hydroxylation is 1. The van der Waals surface area contributed by atoms with E-state index in [4.69, 9.17) is 0 Å². The van der Waals surface area contributed by atoms with Gasteiger partial charge < -0.3 is 4.90 Å². The number of amides is 1. The van der Waals surface area contributed by atoms with Crippen LogP contribution in [0.1, 0.15) is 39.4 Å². The second-order valence-electron chi connectivity index (χ2n) is 6.13. The predicted molar refractivity (Wildman–Crippen MR) is 88.3 cm³/mol. The van der Waals surface area contributed by atoms with Crippen LogP contribution in [0.2, 0.25) is 0 Å². The highest BCUT2D eigenvalue weighted by Crippen LogP contribution is 2.22. The molecule has 24 heavy (non-hydrogen) atoms. The van der Waals surface area contributed by atoms with E-state index in [0.29, 0.717) is 24.3 Å². The molecule has 4 nitrogen and oxygen atoms in total. The standard InChI is InChI=1S/C19H19FN2O2/c1-13-4-2-6-17(21-13)19(24)22-11-3-5-15(12-22)18(23)14-7-9-16(20)10-8-14/h2,4,6-10,15H,3,5,11-12H2,1H3/t15-/m1/s1. The van der Waals surface area contributed by atoms with Crippen molar-refractivity contribution < 1.29 is 14.0 Å². The lowest BCUT2D eigenvalue weighted by atomic mass is 9.90. The number of aromatic nitrogens is 1. The van der Waals surface area contributed by atoms with Crippen LogP contribution in [0.15, 0.2) is 42.5 Å².